The summed E-state index contributed by atoms with van der Waals surface area (Å²) in [7, 11) is 0. The average molecular weight is 312 g/mol. The molecular formula is C14H22BrN3. The fourth-order valence-electron chi connectivity index (χ4n) is 2.93. The summed E-state index contributed by atoms with van der Waals surface area (Å²) < 4.78 is 1.04. The quantitative estimate of drug-likeness (QED) is 0.929. The third kappa shape index (κ3) is 3.11. The predicted molar refractivity (Wildman–Crippen MR) is 78.3 cm³/mol. The standard InChI is InChI=1S/C14H22BrN3/c1-2-7-18-8-3-4-11(9-16)14(18)13-6-5-12(15)10-17-13/h5-6,10-11,14H,2-4,7-9,16H2,1H3. The van der Waals surface area contributed by atoms with Gasteiger partial charge in [-0.2, -0.15) is 0 Å². The highest BCUT2D eigenvalue weighted by Crippen LogP contribution is 2.34. The number of nitrogens with two attached hydrogens (primary N) is 1. The molecule has 4 heteroatoms. The second-order valence-corrected chi connectivity index (χ2v) is 5.94. The molecule has 2 atom stereocenters. The molecule has 1 aromatic rings. The third-order valence-corrected chi connectivity index (χ3v) is 4.20. The van der Waals surface area contributed by atoms with E-state index in [2.05, 4.69) is 44.9 Å². The smallest absolute Gasteiger partial charge is 0.0579 e. The lowest BCUT2D eigenvalue weighted by atomic mass is 9.86. The molecule has 2 unspecified atom stereocenters. The Hall–Kier alpha value is -0.450. The number of aromatic nitrogens is 1. The molecule has 0 amide bonds. The van der Waals surface area contributed by atoms with Gasteiger partial charge in [-0.25, -0.2) is 0 Å². The van der Waals surface area contributed by atoms with E-state index < -0.39 is 0 Å². The van der Waals surface area contributed by atoms with Crippen molar-refractivity contribution in [2.45, 2.75) is 32.2 Å². The van der Waals surface area contributed by atoms with E-state index in [1.165, 1.54) is 31.5 Å². The van der Waals surface area contributed by atoms with Crippen LogP contribution in [0.2, 0.25) is 0 Å². The van der Waals surface area contributed by atoms with Crippen LogP contribution in [-0.4, -0.2) is 29.5 Å². The Morgan fingerprint density at radius 2 is 2.33 bits per heavy atom. The Labute approximate surface area is 118 Å². The van der Waals surface area contributed by atoms with Crippen LogP contribution < -0.4 is 5.73 Å². The molecule has 100 valence electrons. The first-order valence-electron chi connectivity index (χ1n) is 6.81. The maximum absolute atomic E-state index is 5.96. The second kappa shape index (κ2) is 6.64. The highest BCUT2D eigenvalue weighted by atomic mass is 79.9. The van der Waals surface area contributed by atoms with Gasteiger partial charge in [0.15, 0.2) is 0 Å². The minimum Gasteiger partial charge on any atom is -0.330 e. The van der Waals surface area contributed by atoms with Crippen molar-refractivity contribution in [3.05, 3.63) is 28.5 Å². The van der Waals surface area contributed by atoms with Crippen molar-refractivity contribution in [3.63, 3.8) is 0 Å². The fourth-order valence-corrected chi connectivity index (χ4v) is 3.16. The molecule has 2 N–H and O–H groups in total. The van der Waals surface area contributed by atoms with Crippen LogP contribution in [0.1, 0.15) is 37.9 Å². The molecule has 0 spiro atoms. The molecule has 1 aliphatic rings. The van der Waals surface area contributed by atoms with E-state index in [1.807, 2.05) is 6.20 Å². The van der Waals surface area contributed by atoms with Crippen LogP contribution >= 0.6 is 15.9 Å². The number of nitrogens with zero attached hydrogens (tertiary/aromatic N) is 2. The van der Waals surface area contributed by atoms with Gasteiger partial charge in [-0.05, 0) is 72.9 Å². The van der Waals surface area contributed by atoms with Crippen LogP contribution in [0.25, 0.3) is 0 Å². The number of halogens is 1. The van der Waals surface area contributed by atoms with Crippen molar-refractivity contribution >= 4 is 15.9 Å². The molecule has 0 saturated carbocycles. The van der Waals surface area contributed by atoms with E-state index in [0.29, 0.717) is 12.0 Å². The molecule has 0 bridgehead atoms. The summed E-state index contributed by atoms with van der Waals surface area (Å²) in [6.07, 6.45) is 5.56. The van der Waals surface area contributed by atoms with Gasteiger partial charge in [0.25, 0.3) is 0 Å². The van der Waals surface area contributed by atoms with E-state index in [-0.39, 0.29) is 0 Å². The Bertz CT molecular complexity index is 364. The van der Waals surface area contributed by atoms with Crippen LogP contribution in [0.3, 0.4) is 0 Å². The summed E-state index contributed by atoms with van der Waals surface area (Å²) in [5.74, 6) is 0.541. The lowest BCUT2D eigenvalue weighted by molar-refractivity contribution is 0.0930. The Balaban J connectivity index is 2.24. The molecule has 18 heavy (non-hydrogen) atoms. The minimum atomic E-state index is 0.400. The molecule has 2 heterocycles. The number of rotatable bonds is 4. The van der Waals surface area contributed by atoms with Crippen molar-refractivity contribution in [2.24, 2.45) is 11.7 Å². The van der Waals surface area contributed by atoms with E-state index in [0.717, 1.165) is 17.6 Å². The molecule has 0 radical (unpaired) electrons. The van der Waals surface area contributed by atoms with Gasteiger partial charge in [-0.3, -0.25) is 9.88 Å². The van der Waals surface area contributed by atoms with Gasteiger partial charge in [0, 0.05) is 10.7 Å². The zero-order valence-corrected chi connectivity index (χ0v) is 12.6. The van der Waals surface area contributed by atoms with E-state index >= 15 is 0 Å². The molecule has 1 aliphatic heterocycles. The topological polar surface area (TPSA) is 42.1 Å². The maximum Gasteiger partial charge on any atom is 0.0579 e. The number of hydrogen-bond acceptors (Lipinski definition) is 3. The third-order valence-electron chi connectivity index (χ3n) is 3.73. The summed E-state index contributed by atoms with van der Waals surface area (Å²) in [5.41, 5.74) is 7.12. The lowest BCUT2D eigenvalue weighted by Crippen LogP contribution is -2.42. The van der Waals surface area contributed by atoms with Crippen LogP contribution in [0.5, 0.6) is 0 Å². The Morgan fingerprint density at radius 3 is 2.94 bits per heavy atom. The molecular weight excluding hydrogens is 290 g/mol. The largest absolute Gasteiger partial charge is 0.330 e. The van der Waals surface area contributed by atoms with Crippen LogP contribution in [0, 0.1) is 5.92 Å². The number of piperidine rings is 1. The summed E-state index contributed by atoms with van der Waals surface area (Å²) in [6, 6.07) is 4.61. The number of pyridine rings is 1. The van der Waals surface area contributed by atoms with Crippen LogP contribution in [0.4, 0.5) is 0 Å². The average Bonchev–Trinajstić information content (AvgIpc) is 2.40. The summed E-state index contributed by atoms with van der Waals surface area (Å²) in [4.78, 5) is 7.14. The lowest BCUT2D eigenvalue weighted by Gasteiger charge is -2.40. The minimum absolute atomic E-state index is 0.400. The van der Waals surface area contributed by atoms with Gasteiger partial charge < -0.3 is 5.73 Å². The summed E-state index contributed by atoms with van der Waals surface area (Å²) in [5, 5.41) is 0. The van der Waals surface area contributed by atoms with Gasteiger partial charge in [0.1, 0.15) is 0 Å². The molecule has 0 aromatic carbocycles. The van der Waals surface area contributed by atoms with Crippen molar-refractivity contribution in [1.82, 2.24) is 9.88 Å². The summed E-state index contributed by atoms with van der Waals surface area (Å²) >= 11 is 3.45. The predicted octanol–water partition coefficient (Wildman–Crippen LogP) is 2.97. The highest BCUT2D eigenvalue weighted by molar-refractivity contribution is 9.10. The van der Waals surface area contributed by atoms with Gasteiger partial charge >= 0.3 is 0 Å². The number of likely N-dealkylation sites (tertiary alicyclic amines) is 1. The highest BCUT2D eigenvalue weighted by Gasteiger charge is 2.32. The molecule has 1 saturated heterocycles. The van der Waals surface area contributed by atoms with Gasteiger partial charge in [0.2, 0.25) is 0 Å². The molecule has 3 nitrogen and oxygen atoms in total. The van der Waals surface area contributed by atoms with Gasteiger partial charge in [-0.15, -0.1) is 0 Å². The van der Waals surface area contributed by atoms with Crippen molar-refractivity contribution in [1.29, 1.82) is 0 Å². The molecule has 0 aliphatic carbocycles. The molecule has 1 aromatic heterocycles. The van der Waals surface area contributed by atoms with Crippen molar-refractivity contribution in [3.8, 4) is 0 Å². The SMILES string of the molecule is CCCN1CCCC(CN)C1c1ccc(Br)cn1. The zero-order valence-electron chi connectivity index (χ0n) is 11.0. The zero-order chi connectivity index (χ0) is 13.0. The van der Waals surface area contributed by atoms with E-state index in [1.54, 1.807) is 0 Å². The van der Waals surface area contributed by atoms with E-state index in [4.69, 9.17) is 5.73 Å². The second-order valence-electron chi connectivity index (χ2n) is 5.02. The van der Waals surface area contributed by atoms with Gasteiger partial charge in [-0.1, -0.05) is 6.92 Å². The van der Waals surface area contributed by atoms with Crippen molar-refractivity contribution < 1.29 is 0 Å². The number of hydrogen-bond donors (Lipinski definition) is 1. The van der Waals surface area contributed by atoms with E-state index in [9.17, 15) is 0 Å². The molecule has 1 fully saturated rings. The normalized spacial score (nSPS) is 25.3. The fraction of sp³-hybridized carbons (Fsp3) is 0.643. The van der Waals surface area contributed by atoms with Gasteiger partial charge in [0.05, 0.1) is 11.7 Å². The Morgan fingerprint density at radius 1 is 1.50 bits per heavy atom. The molecule has 2 rings (SSSR count). The first-order chi connectivity index (χ1) is 8.76. The maximum atomic E-state index is 5.96. The Kier molecular flexibility index (Phi) is 5.15. The monoisotopic (exact) mass is 311 g/mol. The van der Waals surface area contributed by atoms with Crippen LogP contribution in [0.15, 0.2) is 22.8 Å². The summed E-state index contributed by atoms with van der Waals surface area (Å²) in [6.45, 7) is 5.30. The van der Waals surface area contributed by atoms with Crippen molar-refractivity contribution in [2.75, 3.05) is 19.6 Å². The first kappa shape index (κ1) is 14.0. The first-order valence-corrected chi connectivity index (χ1v) is 7.61. The van der Waals surface area contributed by atoms with Crippen LogP contribution in [-0.2, 0) is 0 Å².